The number of anilines is 1. The predicted octanol–water partition coefficient (Wildman–Crippen LogP) is 4.11. The van der Waals surface area contributed by atoms with Crippen molar-refractivity contribution >= 4 is 11.6 Å². The van der Waals surface area contributed by atoms with Crippen molar-refractivity contribution in [1.82, 2.24) is 0 Å². The molecule has 0 aliphatic carbocycles. The lowest BCUT2D eigenvalue weighted by Crippen LogP contribution is -2.21. The number of carbonyl (C=O) groups is 1. The third-order valence-electron chi connectivity index (χ3n) is 3.11. The number of amides is 1. The van der Waals surface area contributed by atoms with E-state index in [2.05, 4.69) is 5.32 Å². The van der Waals surface area contributed by atoms with Gasteiger partial charge in [-0.2, -0.15) is 0 Å². The second-order valence-corrected chi connectivity index (χ2v) is 5.15. The number of ether oxygens (including phenoxy) is 1. The Morgan fingerprint density at radius 3 is 2.59 bits per heavy atom. The average molecular weight is 305 g/mol. The van der Waals surface area contributed by atoms with Crippen molar-refractivity contribution in [3.63, 3.8) is 0 Å². The van der Waals surface area contributed by atoms with Gasteiger partial charge in [0.1, 0.15) is 17.4 Å². The average Bonchev–Trinajstić information content (AvgIpc) is 2.48. The molecule has 2 aromatic carbocycles. The fourth-order valence-electron chi connectivity index (χ4n) is 2.01. The number of benzene rings is 2. The lowest BCUT2D eigenvalue weighted by atomic mass is 10.0. The first-order valence-electron chi connectivity index (χ1n) is 6.94. The van der Waals surface area contributed by atoms with E-state index in [0.717, 1.165) is 11.6 Å². The molecule has 1 amide bonds. The number of nitrogens with one attached hydrogen (secondary N) is 1. The number of rotatable bonds is 5. The van der Waals surface area contributed by atoms with E-state index >= 15 is 0 Å². The fourth-order valence-corrected chi connectivity index (χ4v) is 2.01. The summed E-state index contributed by atoms with van der Waals surface area (Å²) in [5.74, 6) is -1.15. The lowest BCUT2D eigenvalue weighted by Gasteiger charge is -2.13. The lowest BCUT2D eigenvalue weighted by molar-refractivity contribution is -0.118. The normalized spacial score (nSPS) is 10.6. The van der Waals surface area contributed by atoms with E-state index in [1.165, 1.54) is 6.07 Å². The molecule has 0 aromatic heterocycles. The highest BCUT2D eigenvalue weighted by atomic mass is 19.1. The summed E-state index contributed by atoms with van der Waals surface area (Å²) in [5, 5.41) is 2.35. The van der Waals surface area contributed by atoms with Gasteiger partial charge in [-0.3, -0.25) is 4.79 Å². The maximum absolute atomic E-state index is 13.4. The van der Waals surface area contributed by atoms with E-state index in [9.17, 15) is 13.6 Å². The van der Waals surface area contributed by atoms with Gasteiger partial charge < -0.3 is 10.1 Å². The Bertz CT molecular complexity index is 671. The van der Waals surface area contributed by atoms with Gasteiger partial charge in [-0.1, -0.05) is 32.0 Å². The van der Waals surface area contributed by atoms with Crippen molar-refractivity contribution in [2.24, 2.45) is 0 Å². The second kappa shape index (κ2) is 7.02. The third kappa shape index (κ3) is 4.04. The van der Waals surface area contributed by atoms with Gasteiger partial charge in [0.15, 0.2) is 6.61 Å². The van der Waals surface area contributed by atoms with Crippen LogP contribution in [0.15, 0.2) is 42.5 Å². The van der Waals surface area contributed by atoms with Crippen molar-refractivity contribution in [2.75, 3.05) is 11.9 Å². The van der Waals surface area contributed by atoms with Gasteiger partial charge in [0.25, 0.3) is 5.91 Å². The predicted molar refractivity (Wildman–Crippen MR) is 81.0 cm³/mol. The minimum atomic E-state index is -0.823. The van der Waals surface area contributed by atoms with E-state index in [0.29, 0.717) is 11.8 Å². The Labute approximate surface area is 127 Å². The second-order valence-electron chi connectivity index (χ2n) is 5.15. The van der Waals surface area contributed by atoms with Crippen molar-refractivity contribution < 1.29 is 18.3 Å². The van der Waals surface area contributed by atoms with Crippen LogP contribution in [0.4, 0.5) is 14.5 Å². The zero-order valence-corrected chi connectivity index (χ0v) is 12.4. The molecule has 0 saturated heterocycles. The molecule has 0 atom stereocenters. The number of hydrogen-bond donors (Lipinski definition) is 1. The van der Waals surface area contributed by atoms with Crippen LogP contribution in [0.1, 0.15) is 25.3 Å². The summed E-state index contributed by atoms with van der Waals surface area (Å²) in [4.78, 5) is 11.8. The quantitative estimate of drug-likeness (QED) is 0.903. The molecule has 0 aliphatic rings. The molecule has 5 heteroatoms. The highest BCUT2D eigenvalue weighted by Crippen LogP contribution is 2.25. The van der Waals surface area contributed by atoms with Crippen LogP contribution < -0.4 is 10.1 Å². The topological polar surface area (TPSA) is 38.3 Å². The number of para-hydroxylation sites is 1. The third-order valence-corrected chi connectivity index (χ3v) is 3.11. The van der Waals surface area contributed by atoms with Crippen molar-refractivity contribution in [1.29, 1.82) is 0 Å². The zero-order valence-electron chi connectivity index (χ0n) is 12.4. The summed E-state index contributed by atoms with van der Waals surface area (Å²) >= 11 is 0. The van der Waals surface area contributed by atoms with Gasteiger partial charge in [-0.05, 0) is 29.7 Å². The Morgan fingerprint density at radius 2 is 1.91 bits per heavy atom. The Balaban J connectivity index is 1.99. The van der Waals surface area contributed by atoms with Gasteiger partial charge in [-0.25, -0.2) is 8.78 Å². The first-order valence-corrected chi connectivity index (χ1v) is 6.94. The van der Waals surface area contributed by atoms with E-state index in [-0.39, 0.29) is 18.2 Å². The molecular formula is C17H17F2NO2. The standard InChI is InChI=1S/C17H17F2NO2/c1-11(2)13-5-3-4-6-16(13)22-10-17(21)20-15-8-7-12(18)9-14(15)19/h3-9,11H,10H2,1-2H3,(H,20,21). The maximum Gasteiger partial charge on any atom is 0.262 e. The van der Waals surface area contributed by atoms with Crippen LogP contribution in [-0.2, 0) is 4.79 Å². The summed E-state index contributed by atoms with van der Waals surface area (Å²) in [5.41, 5.74) is 0.912. The summed E-state index contributed by atoms with van der Waals surface area (Å²) < 4.78 is 31.7. The van der Waals surface area contributed by atoms with E-state index in [1.807, 2.05) is 32.0 Å². The minimum Gasteiger partial charge on any atom is -0.483 e. The van der Waals surface area contributed by atoms with Crippen LogP contribution in [0.3, 0.4) is 0 Å². The first-order chi connectivity index (χ1) is 10.5. The molecule has 2 rings (SSSR count). The Morgan fingerprint density at radius 1 is 1.18 bits per heavy atom. The molecule has 3 nitrogen and oxygen atoms in total. The van der Waals surface area contributed by atoms with Gasteiger partial charge in [0.05, 0.1) is 5.69 Å². The number of hydrogen-bond acceptors (Lipinski definition) is 2. The van der Waals surface area contributed by atoms with Gasteiger partial charge in [0, 0.05) is 6.07 Å². The van der Waals surface area contributed by atoms with Gasteiger partial charge >= 0.3 is 0 Å². The Hall–Kier alpha value is -2.43. The summed E-state index contributed by atoms with van der Waals surface area (Å²) in [7, 11) is 0. The molecule has 0 saturated carbocycles. The molecule has 0 fully saturated rings. The molecule has 22 heavy (non-hydrogen) atoms. The van der Waals surface area contributed by atoms with Crippen LogP contribution in [0.5, 0.6) is 5.75 Å². The molecule has 116 valence electrons. The molecule has 0 bridgehead atoms. The molecule has 0 heterocycles. The van der Waals surface area contributed by atoms with Crippen LogP contribution in [-0.4, -0.2) is 12.5 Å². The van der Waals surface area contributed by atoms with Crippen LogP contribution in [0.25, 0.3) is 0 Å². The fraction of sp³-hybridized carbons (Fsp3) is 0.235. The molecular weight excluding hydrogens is 288 g/mol. The van der Waals surface area contributed by atoms with E-state index in [1.54, 1.807) is 6.07 Å². The number of carbonyl (C=O) groups excluding carboxylic acids is 1. The number of halogens is 2. The molecule has 1 N–H and O–H groups in total. The molecule has 0 unspecified atom stereocenters. The van der Waals surface area contributed by atoms with Crippen molar-refractivity contribution in [3.05, 3.63) is 59.7 Å². The summed E-state index contributed by atoms with van der Waals surface area (Å²) in [6, 6.07) is 10.4. The maximum atomic E-state index is 13.4. The molecule has 0 radical (unpaired) electrons. The van der Waals surface area contributed by atoms with Crippen LogP contribution in [0, 0.1) is 11.6 Å². The molecule has 0 spiro atoms. The van der Waals surface area contributed by atoms with Crippen molar-refractivity contribution in [3.8, 4) is 5.75 Å². The van der Waals surface area contributed by atoms with Gasteiger partial charge in [-0.15, -0.1) is 0 Å². The van der Waals surface area contributed by atoms with Crippen LogP contribution >= 0.6 is 0 Å². The van der Waals surface area contributed by atoms with E-state index in [4.69, 9.17) is 4.74 Å². The molecule has 2 aromatic rings. The van der Waals surface area contributed by atoms with Crippen LogP contribution in [0.2, 0.25) is 0 Å². The highest BCUT2D eigenvalue weighted by Gasteiger charge is 2.11. The smallest absolute Gasteiger partial charge is 0.262 e. The highest BCUT2D eigenvalue weighted by molar-refractivity contribution is 5.92. The molecule has 0 aliphatic heterocycles. The Kier molecular flexibility index (Phi) is 5.09. The van der Waals surface area contributed by atoms with Crippen molar-refractivity contribution in [2.45, 2.75) is 19.8 Å². The summed E-state index contributed by atoms with van der Waals surface area (Å²) in [6.07, 6.45) is 0. The monoisotopic (exact) mass is 305 g/mol. The first kappa shape index (κ1) is 15.9. The largest absolute Gasteiger partial charge is 0.483 e. The zero-order chi connectivity index (χ0) is 16.1. The van der Waals surface area contributed by atoms with Gasteiger partial charge in [0.2, 0.25) is 0 Å². The minimum absolute atomic E-state index is 0.0767. The SMILES string of the molecule is CC(C)c1ccccc1OCC(=O)Nc1ccc(F)cc1F. The van der Waals surface area contributed by atoms with E-state index < -0.39 is 17.5 Å². The summed E-state index contributed by atoms with van der Waals surface area (Å²) in [6.45, 7) is 3.80.